The summed E-state index contributed by atoms with van der Waals surface area (Å²) in [6.07, 6.45) is 1.86. The van der Waals surface area contributed by atoms with Crippen molar-refractivity contribution in [1.29, 1.82) is 0 Å². The van der Waals surface area contributed by atoms with Gasteiger partial charge in [-0.2, -0.15) is 0 Å². The van der Waals surface area contributed by atoms with Gasteiger partial charge in [-0.3, -0.25) is 4.79 Å². The van der Waals surface area contributed by atoms with Gasteiger partial charge in [-0.25, -0.2) is 0 Å². The van der Waals surface area contributed by atoms with Crippen LogP contribution < -0.4 is 0 Å². The van der Waals surface area contributed by atoms with Crippen molar-refractivity contribution < 1.29 is 9.90 Å². The maximum atomic E-state index is 12.4. The Labute approximate surface area is 115 Å². The lowest BCUT2D eigenvalue weighted by atomic mass is 9.90. The van der Waals surface area contributed by atoms with Crippen molar-refractivity contribution in [2.24, 2.45) is 0 Å². The zero-order valence-corrected chi connectivity index (χ0v) is 12.2. The van der Waals surface area contributed by atoms with E-state index < -0.39 is 0 Å². The van der Waals surface area contributed by atoms with Gasteiger partial charge in [0.15, 0.2) is 0 Å². The van der Waals surface area contributed by atoms with Crippen LogP contribution >= 0.6 is 0 Å². The maximum absolute atomic E-state index is 12.4. The largest absolute Gasteiger partial charge is 0.507 e. The quantitative estimate of drug-likeness (QED) is 0.906. The van der Waals surface area contributed by atoms with Gasteiger partial charge in [-0.05, 0) is 49.8 Å². The molecule has 1 N–H and O–H groups in total. The van der Waals surface area contributed by atoms with Crippen LogP contribution in [0.1, 0.15) is 61.5 Å². The van der Waals surface area contributed by atoms with Crippen molar-refractivity contribution in [1.82, 2.24) is 4.90 Å². The molecule has 0 aliphatic carbocycles. The highest BCUT2D eigenvalue weighted by Gasteiger charge is 2.29. The third-order valence-corrected chi connectivity index (χ3v) is 4.12. The highest BCUT2D eigenvalue weighted by Crippen LogP contribution is 2.33. The second kappa shape index (κ2) is 5.24. The molecule has 1 heterocycles. The van der Waals surface area contributed by atoms with E-state index in [1.54, 1.807) is 6.07 Å². The molecule has 104 valence electrons. The second-order valence-electron chi connectivity index (χ2n) is 5.73. The molecular formula is C16H23NO2. The van der Waals surface area contributed by atoms with Crippen LogP contribution in [0, 0.1) is 0 Å². The first-order valence-corrected chi connectivity index (χ1v) is 7.12. The van der Waals surface area contributed by atoms with Crippen molar-refractivity contribution in [3.8, 4) is 5.75 Å². The number of fused-ring (bicyclic) bond motifs is 1. The van der Waals surface area contributed by atoms with Gasteiger partial charge in [0.25, 0.3) is 5.91 Å². The zero-order valence-electron chi connectivity index (χ0n) is 12.2. The molecule has 1 atom stereocenters. The Morgan fingerprint density at radius 3 is 2.58 bits per heavy atom. The summed E-state index contributed by atoms with van der Waals surface area (Å²) in [6.45, 7) is 9.03. The smallest absolute Gasteiger partial charge is 0.258 e. The van der Waals surface area contributed by atoms with E-state index in [4.69, 9.17) is 0 Å². The monoisotopic (exact) mass is 261 g/mol. The summed E-state index contributed by atoms with van der Waals surface area (Å²) in [5.41, 5.74) is 2.63. The second-order valence-corrected chi connectivity index (χ2v) is 5.73. The Bertz CT molecular complexity index is 494. The number of benzene rings is 1. The van der Waals surface area contributed by atoms with Gasteiger partial charge < -0.3 is 10.0 Å². The summed E-state index contributed by atoms with van der Waals surface area (Å²) in [6, 6.07) is 4.03. The maximum Gasteiger partial charge on any atom is 0.258 e. The van der Waals surface area contributed by atoms with Crippen LogP contribution in [0.5, 0.6) is 5.75 Å². The highest BCUT2D eigenvalue weighted by atomic mass is 16.3. The van der Waals surface area contributed by atoms with Crippen LogP contribution in [-0.4, -0.2) is 28.5 Å². The topological polar surface area (TPSA) is 40.5 Å². The molecule has 0 saturated carbocycles. The predicted octanol–water partition coefficient (Wildman–Crippen LogP) is 3.31. The summed E-state index contributed by atoms with van der Waals surface area (Å²) in [5, 5.41) is 10.2. The third kappa shape index (κ3) is 2.46. The van der Waals surface area contributed by atoms with Gasteiger partial charge in [0.2, 0.25) is 0 Å². The number of phenols is 1. The number of hydrogen-bond donors (Lipinski definition) is 1. The van der Waals surface area contributed by atoms with Gasteiger partial charge in [0.05, 0.1) is 5.56 Å². The lowest BCUT2D eigenvalue weighted by molar-refractivity contribution is 0.0685. The van der Waals surface area contributed by atoms with Crippen molar-refractivity contribution in [3.63, 3.8) is 0 Å². The molecule has 2 rings (SSSR count). The molecule has 1 aromatic carbocycles. The number of phenolic OH excluding ortho intramolecular Hbond substituents is 1. The van der Waals surface area contributed by atoms with E-state index in [1.807, 2.05) is 18.7 Å². The first kappa shape index (κ1) is 13.9. The third-order valence-electron chi connectivity index (χ3n) is 4.12. The van der Waals surface area contributed by atoms with E-state index in [9.17, 15) is 9.90 Å². The van der Waals surface area contributed by atoms with E-state index in [0.717, 1.165) is 30.5 Å². The van der Waals surface area contributed by atoms with Gasteiger partial charge in [-0.1, -0.05) is 19.9 Å². The summed E-state index contributed by atoms with van der Waals surface area (Å²) in [5.74, 6) is 0.516. The van der Waals surface area contributed by atoms with Gasteiger partial charge in [0.1, 0.15) is 5.75 Å². The van der Waals surface area contributed by atoms with E-state index in [2.05, 4.69) is 19.9 Å². The molecular weight excluding hydrogens is 238 g/mol. The highest BCUT2D eigenvalue weighted by molar-refractivity contribution is 5.99. The van der Waals surface area contributed by atoms with Crippen LogP contribution in [-0.2, 0) is 6.42 Å². The Morgan fingerprint density at radius 1 is 1.32 bits per heavy atom. The summed E-state index contributed by atoms with van der Waals surface area (Å²) in [4.78, 5) is 14.2. The minimum absolute atomic E-state index is 0.0375. The van der Waals surface area contributed by atoms with Gasteiger partial charge in [0, 0.05) is 12.6 Å². The fourth-order valence-electron chi connectivity index (χ4n) is 2.65. The Kier molecular flexibility index (Phi) is 3.83. The zero-order chi connectivity index (χ0) is 14.2. The number of amides is 1. The van der Waals surface area contributed by atoms with E-state index in [0.29, 0.717) is 11.5 Å². The number of carbonyl (C=O) groups excluding carboxylic acids is 1. The summed E-state index contributed by atoms with van der Waals surface area (Å²) in [7, 11) is 0. The molecule has 0 saturated heterocycles. The molecule has 3 nitrogen and oxygen atoms in total. The molecule has 1 amide bonds. The SMILES string of the molecule is CCC(C)c1cc(O)c2c(c1)CCN(C(C)C)C2=O. The summed E-state index contributed by atoms with van der Waals surface area (Å²) >= 11 is 0. The minimum atomic E-state index is -0.0375. The Balaban J connectivity index is 2.44. The first-order chi connectivity index (χ1) is 8.95. The van der Waals surface area contributed by atoms with Crippen molar-refractivity contribution in [2.45, 2.75) is 52.5 Å². The Hall–Kier alpha value is -1.51. The van der Waals surface area contributed by atoms with Crippen molar-refractivity contribution in [3.05, 3.63) is 28.8 Å². The molecule has 1 unspecified atom stereocenters. The lowest BCUT2D eigenvalue weighted by Gasteiger charge is -2.32. The normalized spacial score (nSPS) is 16.7. The lowest BCUT2D eigenvalue weighted by Crippen LogP contribution is -2.42. The van der Waals surface area contributed by atoms with Crippen LogP contribution in [0.2, 0.25) is 0 Å². The number of carbonyl (C=O) groups is 1. The van der Waals surface area contributed by atoms with E-state index >= 15 is 0 Å². The molecule has 1 aromatic rings. The standard InChI is InChI=1S/C16H23NO2/c1-5-11(4)13-8-12-6-7-17(10(2)3)16(19)15(12)14(18)9-13/h8-11,18H,5-7H2,1-4H3. The molecule has 0 bridgehead atoms. The molecule has 1 aliphatic heterocycles. The predicted molar refractivity (Wildman–Crippen MR) is 76.7 cm³/mol. The number of aromatic hydroxyl groups is 1. The number of rotatable bonds is 3. The molecule has 0 radical (unpaired) electrons. The molecule has 0 fully saturated rings. The molecule has 19 heavy (non-hydrogen) atoms. The Morgan fingerprint density at radius 2 is 2.00 bits per heavy atom. The van der Waals surface area contributed by atoms with Gasteiger partial charge >= 0.3 is 0 Å². The number of hydrogen-bond acceptors (Lipinski definition) is 2. The molecule has 0 spiro atoms. The van der Waals surface area contributed by atoms with E-state index in [-0.39, 0.29) is 17.7 Å². The fraction of sp³-hybridized carbons (Fsp3) is 0.562. The average Bonchev–Trinajstić information content (AvgIpc) is 2.36. The molecule has 3 heteroatoms. The van der Waals surface area contributed by atoms with Crippen molar-refractivity contribution in [2.75, 3.05) is 6.54 Å². The van der Waals surface area contributed by atoms with Crippen LogP contribution in [0.3, 0.4) is 0 Å². The molecule has 1 aliphatic rings. The van der Waals surface area contributed by atoms with Crippen molar-refractivity contribution >= 4 is 5.91 Å². The van der Waals surface area contributed by atoms with Crippen LogP contribution in [0.4, 0.5) is 0 Å². The van der Waals surface area contributed by atoms with Crippen LogP contribution in [0.15, 0.2) is 12.1 Å². The first-order valence-electron chi connectivity index (χ1n) is 7.12. The minimum Gasteiger partial charge on any atom is -0.507 e. The summed E-state index contributed by atoms with van der Waals surface area (Å²) < 4.78 is 0. The fourth-order valence-corrected chi connectivity index (χ4v) is 2.65. The average molecular weight is 261 g/mol. The van der Waals surface area contributed by atoms with Gasteiger partial charge in [-0.15, -0.1) is 0 Å². The van der Waals surface area contributed by atoms with Crippen LogP contribution in [0.25, 0.3) is 0 Å². The number of nitrogens with zero attached hydrogens (tertiary/aromatic N) is 1. The molecule has 0 aromatic heterocycles. The van der Waals surface area contributed by atoms with E-state index in [1.165, 1.54) is 0 Å².